The predicted octanol–water partition coefficient (Wildman–Crippen LogP) is 8.85. The number of carbonyl (C=O) groups is 2. The number of thiophene rings is 1. The molecular formula is C59H57N7O12S3. The van der Waals surface area contributed by atoms with E-state index in [1.54, 1.807) is 49.8 Å². The van der Waals surface area contributed by atoms with Crippen LogP contribution in [0.2, 0.25) is 0 Å². The monoisotopic (exact) mass is 1150 g/mol. The minimum absolute atomic E-state index is 0.0232. The maximum atomic E-state index is 13.7. The molecule has 1 atom stereocenters. The summed E-state index contributed by atoms with van der Waals surface area (Å²) < 4.78 is 51.2. The van der Waals surface area contributed by atoms with Crippen molar-refractivity contribution in [1.29, 1.82) is 0 Å². The van der Waals surface area contributed by atoms with E-state index in [9.17, 15) is 37.8 Å². The summed E-state index contributed by atoms with van der Waals surface area (Å²) in [5, 5.41) is 24.5. The lowest BCUT2D eigenvalue weighted by molar-refractivity contribution is -0.137. The molecule has 9 aromatic rings. The molecule has 0 spiro atoms. The fourth-order valence-electron chi connectivity index (χ4n) is 9.63. The summed E-state index contributed by atoms with van der Waals surface area (Å²) >= 11 is 2.72. The minimum Gasteiger partial charge on any atom is -0.494 e. The molecule has 81 heavy (non-hydrogen) atoms. The molecule has 4 aromatic carbocycles. The number of aromatic nitrogens is 7. The van der Waals surface area contributed by atoms with Gasteiger partial charge in [-0.3, -0.25) is 23.8 Å². The Labute approximate surface area is 474 Å². The number of methoxy groups -OCH3 is 1. The van der Waals surface area contributed by atoms with Crippen molar-refractivity contribution in [2.75, 3.05) is 38.3 Å². The highest BCUT2D eigenvalue weighted by Gasteiger charge is 2.33. The number of aryl methyl sites for hydroxylation is 2. The number of nitrogens with zero attached hydrogens (tertiary/aromatic N) is 7. The number of pyridine rings is 1. The fourth-order valence-corrected chi connectivity index (χ4v) is 12.4. The average molecular weight is 1150 g/mol. The van der Waals surface area contributed by atoms with Gasteiger partial charge in [-0.1, -0.05) is 43.3 Å². The van der Waals surface area contributed by atoms with Crippen LogP contribution in [0.25, 0.3) is 31.9 Å². The molecular weight excluding hydrogens is 1090 g/mol. The van der Waals surface area contributed by atoms with Gasteiger partial charge in [0, 0.05) is 57.9 Å². The Kier molecular flexibility index (Phi) is 18.2. The van der Waals surface area contributed by atoms with E-state index in [-0.39, 0.29) is 42.3 Å². The van der Waals surface area contributed by atoms with Gasteiger partial charge >= 0.3 is 17.6 Å². The number of sulfone groups is 1. The third-order valence-electron chi connectivity index (χ3n) is 13.4. The van der Waals surface area contributed by atoms with E-state index in [1.165, 1.54) is 41.1 Å². The number of aromatic carboxylic acids is 1. The zero-order valence-corrected chi connectivity index (χ0v) is 47.1. The van der Waals surface area contributed by atoms with Crippen LogP contribution >= 0.6 is 23.1 Å². The highest BCUT2D eigenvalue weighted by atomic mass is 32.2. The number of fused-ring (bicyclic) bond motifs is 4. The summed E-state index contributed by atoms with van der Waals surface area (Å²) in [7, 11) is -1.89. The Morgan fingerprint density at radius 2 is 1.59 bits per heavy atom. The van der Waals surface area contributed by atoms with Gasteiger partial charge in [-0.25, -0.2) is 32.5 Å². The van der Waals surface area contributed by atoms with Crippen molar-refractivity contribution in [3.63, 3.8) is 0 Å². The van der Waals surface area contributed by atoms with Crippen LogP contribution in [0.1, 0.15) is 69.5 Å². The first-order valence-electron chi connectivity index (χ1n) is 25.8. The van der Waals surface area contributed by atoms with Gasteiger partial charge in [0.15, 0.2) is 12.5 Å². The lowest BCUT2D eigenvalue weighted by Crippen LogP contribution is -2.41. The molecule has 1 aliphatic rings. The molecule has 5 aromatic heterocycles. The second-order valence-electron chi connectivity index (χ2n) is 18.6. The van der Waals surface area contributed by atoms with Gasteiger partial charge in [-0.15, -0.1) is 23.1 Å². The highest BCUT2D eigenvalue weighted by molar-refractivity contribution is 7.98. The highest BCUT2D eigenvalue weighted by Crippen LogP contribution is 2.42. The molecule has 0 radical (unpaired) electrons. The summed E-state index contributed by atoms with van der Waals surface area (Å²) in [6.07, 6.45) is 9.83. The summed E-state index contributed by atoms with van der Waals surface area (Å²) in [5.74, 6) is -0.642. The lowest BCUT2D eigenvalue weighted by Gasteiger charge is -2.24. The Bertz CT molecular complexity index is 3960. The normalized spacial score (nSPS) is 12.2. The van der Waals surface area contributed by atoms with E-state index in [0.717, 1.165) is 61.2 Å². The summed E-state index contributed by atoms with van der Waals surface area (Å²) in [4.78, 5) is 66.1. The van der Waals surface area contributed by atoms with Crippen LogP contribution in [0, 0.1) is 0 Å². The molecule has 0 saturated carbocycles. The van der Waals surface area contributed by atoms with E-state index in [0.29, 0.717) is 57.2 Å². The van der Waals surface area contributed by atoms with Crippen molar-refractivity contribution in [2.45, 2.75) is 63.7 Å². The number of carboxylic acids is 2. The van der Waals surface area contributed by atoms with Gasteiger partial charge in [0.2, 0.25) is 0 Å². The van der Waals surface area contributed by atoms with Crippen molar-refractivity contribution >= 4 is 55.1 Å². The smallest absolute Gasteiger partial charge is 0.356 e. The molecule has 2 N–H and O–H groups in total. The van der Waals surface area contributed by atoms with Crippen LogP contribution in [0.15, 0.2) is 149 Å². The first kappa shape index (κ1) is 57.3. The maximum Gasteiger partial charge on any atom is 0.356 e. The molecule has 0 aliphatic heterocycles. The third kappa shape index (κ3) is 12.9. The number of thioether (sulfide) groups is 1. The number of benzene rings is 4. The van der Waals surface area contributed by atoms with Gasteiger partial charge in [-0.2, -0.15) is 5.10 Å². The molecule has 19 nitrogen and oxygen atoms in total. The molecule has 0 fully saturated rings. The zero-order valence-electron chi connectivity index (χ0n) is 44.7. The fraction of sp³-hybridized carbons (Fsp3) is 0.254. The number of hydrogen-bond acceptors (Lipinski definition) is 16. The summed E-state index contributed by atoms with van der Waals surface area (Å²) in [6, 6.07) is 33.5. The largest absolute Gasteiger partial charge is 0.494 e. The lowest BCUT2D eigenvalue weighted by atomic mass is 9.88. The molecule has 10 rings (SSSR count). The molecule has 0 saturated heterocycles. The number of carboxylic acid groups (broad SMARTS) is 2. The number of ether oxygens (including phenoxy) is 4. The van der Waals surface area contributed by atoms with Gasteiger partial charge in [0.25, 0.3) is 5.56 Å². The van der Waals surface area contributed by atoms with E-state index >= 15 is 0 Å². The van der Waals surface area contributed by atoms with Crippen molar-refractivity contribution < 1.29 is 47.2 Å². The van der Waals surface area contributed by atoms with Gasteiger partial charge in [-0.05, 0) is 133 Å². The van der Waals surface area contributed by atoms with Crippen LogP contribution in [0.3, 0.4) is 0 Å². The zero-order chi connectivity index (χ0) is 57.2. The SMILES string of the molecule is CCOc1cccc(C(c2ccccn2)n2nc(C(=O)O)c3c2-c2ccc(OCc4cncnc4)cc2CC3)c1.CCS(=O)(=O)CCc1c(-c2ccc(OCOC)cc2)sc2c1c(=O)n(CC(=O)O)c(=O)n2Cc1ccccc1SC. The average Bonchev–Trinajstić information content (AvgIpc) is 4.12. The standard InChI is InChI=1S/C31H27N5O4.C28H30N2O8S3/c1-2-39-23-7-5-6-22(15-23)29(27-8-3-4-13-34-27)36-30-25-12-10-24(40-18-20-16-32-19-33-17-20)14-21(25)9-11-26(30)28(35-36)31(37)38;1-4-41(35,36)14-13-21-24-26(33)29(16-23(31)32)28(34)30(15-19-7-5-6-8-22(19)39-3)27(24)40-25(21)18-9-11-20(12-10-18)38-17-37-2/h3-8,10,12-17,19,29H,2,9,11,18H2,1H3,(H,37,38);5-12H,4,13-17H2,1-3H3,(H,31,32). The van der Waals surface area contributed by atoms with Crippen molar-refractivity contribution in [1.82, 2.24) is 33.9 Å². The van der Waals surface area contributed by atoms with E-state index in [2.05, 4.69) is 15.0 Å². The van der Waals surface area contributed by atoms with Crippen molar-refractivity contribution in [3.05, 3.63) is 200 Å². The minimum atomic E-state index is -3.40. The number of hydrogen-bond donors (Lipinski definition) is 2. The second-order valence-corrected chi connectivity index (χ2v) is 22.9. The quantitative estimate of drug-likeness (QED) is 0.0475. The van der Waals surface area contributed by atoms with Crippen LogP contribution in [0.5, 0.6) is 17.2 Å². The Morgan fingerprint density at radius 3 is 2.30 bits per heavy atom. The van der Waals surface area contributed by atoms with Crippen LogP contribution < -0.4 is 25.5 Å². The molecule has 1 unspecified atom stereocenters. The molecule has 1 aliphatic carbocycles. The Morgan fingerprint density at radius 1 is 0.840 bits per heavy atom. The second kappa shape index (κ2) is 25.8. The van der Waals surface area contributed by atoms with Gasteiger partial charge in [0.05, 0.1) is 35.7 Å². The number of rotatable bonds is 22. The van der Waals surface area contributed by atoms with Crippen LogP contribution in [-0.4, -0.2) is 103 Å². The topological polar surface area (TPSA) is 246 Å². The van der Waals surface area contributed by atoms with Crippen LogP contribution in [-0.2, 0) is 58.3 Å². The van der Waals surface area contributed by atoms with Gasteiger partial charge < -0.3 is 29.2 Å². The summed E-state index contributed by atoms with van der Waals surface area (Å²) in [5.41, 5.74) is 6.55. The number of aliphatic carboxylic acids is 1. The molecule has 5 heterocycles. The predicted molar refractivity (Wildman–Crippen MR) is 309 cm³/mol. The van der Waals surface area contributed by atoms with Gasteiger partial charge in [0.1, 0.15) is 57.4 Å². The van der Waals surface area contributed by atoms with Crippen molar-refractivity contribution in [3.8, 4) is 38.9 Å². The molecule has 418 valence electrons. The Hall–Kier alpha value is -8.44. The first-order chi connectivity index (χ1) is 39.2. The first-order valence-corrected chi connectivity index (χ1v) is 29.6. The maximum absolute atomic E-state index is 13.7. The Balaban J connectivity index is 0.000000196. The van der Waals surface area contributed by atoms with Crippen LogP contribution in [0.4, 0.5) is 0 Å². The van der Waals surface area contributed by atoms with E-state index < -0.39 is 45.6 Å². The summed E-state index contributed by atoms with van der Waals surface area (Å²) in [6.45, 7) is 3.73. The van der Waals surface area contributed by atoms with E-state index in [4.69, 9.17) is 24.0 Å². The third-order valence-corrected chi connectivity index (χ3v) is 17.3. The molecule has 0 amide bonds. The van der Waals surface area contributed by atoms with Crippen molar-refractivity contribution in [2.24, 2.45) is 0 Å². The molecule has 22 heteroatoms. The molecule has 0 bridgehead atoms. The van der Waals surface area contributed by atoms with E-state index in [1.807, 2.05) is 103 Å².